The quantitative estimate of drug-likeness (QED) is 0.847. The monoisotopic (exact) mass is 341 g/mol. The van der Waals surface area contributed by atoms with Gasteiger partial charge in [0.1, 0.15) is 0 Å². The summed E-state index contributed by atoms with van der Waals surface area (Å²) >= 11 is 3.72. The number of halogens is 1. The molecule has 0 radical (unpaired) electrons. The maximum atomic E-state index is 4.54. The molecule has 0 aliphatic heterocycles. The van der Waals surface area contributed by atoms with E-state index in [0.717, 1.165) is 18.7 Å². The summed E-state index contributed by atoms with van der Waals surface area (Å²) in [6.07, 6.45) is 7.87. The Morgan fingerprint density at radius 1 is 1.35 bits per heavy atom. The number of hydrogen-bond acceptors (Lipinski definition) is 2. The second kappa shape index (κ2) is 6.61. The molecule has 1 fully saturated rings. The van der Waals surface area contributed by atoms with Crippen molar-refractivity contribution in [3.8, 4) is 0 Å². The van der Waals surface area contributed by atoms with Gasteiger partial charge in [0.05, 0.1) is 15.9 Å². The van der Waals surface area contributed by atoms with Crippen LogP contribution in [0.5, 0.6) is 0 Å². The molecular formula is C16H28BrN3. The number of aromatic nitrogens is 2. The molecule has 0 saturated heterocycles. The third-order valence-electron chi connectivity index (χ3n) is 5.15. The Hall–Kier alpha value is -0.350. The maximum Gasteiger partial charge on any atom is 0.0738 e. The van der Waals surface area contributed by atoms with Gasteiger partial charge in [0.15, 0.2) is 0 Å². The van der Waals surface area contributed by atoms with Crippen molar-refractivity contribution in [1.29, 1.82) is 0 Å². The van der Waals surface area contributed by atoms with E-state index in [-0.39, 0.29) is 0 Å². The summed E-state index contributed by atoms with van der Waals surface area (Å²) in [5.74, 6) is 0. The molecule has 1 aliphatic rings. The Morgan fingerprint density at radius 2 is 2.00 bits per heavy atom. The second-order valence-electron chi connectivity index (χ2n) is 6.21. The summed E-state index contributed by atoms with van der Waals surface area (Å²) in [7, 11) is 2.06. The zero-order valence-electron chi connectivity index (χ0n) is 13.3. The standard InChI is InChI=1S/C16H28BrN3/c1-5-16(9-7-8-10-16)14(18-6-2)11-13-15(17)12(3)19-20(13)4/h14,18H,5-11H2,1-4H3. The Labute approximate surface area is 131 Å². The molecule has 20 heavy (non-hydrogen) atoms. The Morgan fingerprint density at radius 3 is 2.45 bits per heavy atom. The van der Waals surface area contributed by atoms with Gasteiger partial charge in [0, 0.05) is 19.5 Å². The highest BCUT2D eigenvalue weighted by Gasteiger charge is 2.39. The molecule has 1 saturated carbocycles. The molecule has 0 amide bonds. The fourth-order valence-corrected chi connectivity index (χ4v) is 4.37. The molecule has 4 heteroatoms. The van der Waals surface area contributed by atoms with Crippen molar-refractivity contribution in [2.45, 2.75) is 65.3 Å². The zero-order valence-corrected chi connectivity index (χ0v) is 14.9. The van der Waals surface area contributed by atoms with E-state index in [1.165, 1.54) is 42.3 Å². The highest BCUT2D eigenvalue weighted by molar-refractivity contribution is 9.10. The van der Waals surface area contributed by atoms with Crippen molar-refractivity contribution >= 4 is 15.9 Å². The molecule has 1 N–H and O–H groups in total. The Kier molecular flexibility index (Phi) is 5.30. The summed E-state index contributed by atoms with van der Waals surface area (Å²) in [6.45, 7) is 7.69. The predicted octanol–water partition coefficient (Wildman–Crippen LogP) is 3.98. The molecule has 0 aromatic carbocycles. The summed E-state index contributed by atoms with van der Waals surface area (Å²) in [5, 5.41) is 8.31. The molecular weight excluding hydrogens is 314 g/mol. The van der Waals surface area contributed by atoms with Gasteiger partial charge in [-0.05, 0) is 54.1 Å². The average Bonchev–Trinajstić information content (AvgIpc) is 3.00. The lowest BCUT2D eigenvalue weighted by atomic mass is 9.74. The van der Waals surface area contributed by atoms with Crippen LogP contribution in [0.2, 0.25) is 0 Å². The van der Waals surface area contributed by atoms with Crippen LogP contribution in [0.1, 0.15) is 57.3 Å². The van der Waals surface area contributed by atoms with E-state index in [1.54, 1.807) is 0 Å². The normalized spacial score (nSPS) is 19.4. The van der Waals surface area contributed by atoms with E-state index in [1.807, 2.05) is 4.68 Å². The minimum absolute atomic E-state index is 0.480. The van der Waals surface area contributed by atoms with Gasteiger partial charge in [-0.1, -0.05) is 26.7 Å². The van der Waals surface area contributed by atoms with E-state index < -0.39 is 0 Å². The van der Waals surface area contributed by atoms with Crippen molar-refractivity contribution in [1.82, 2.24) is 15.1 Å². The lowest BCUT2D eigenvalue weighted by Crippen LogP contribution is -2.45. The first-order chi connectivity index (χ1) is 9.54. The van der Waals surface area contributed by atoms with Crippen LogP contribution in [0, 0.1) is 12.3 Å². The smallest absolute Gasteiger partial charge is 0.0738 e. The fraction of sp³-hybridized carbons (Fsp3) is 0.812. The highest BCUT2D eigenvalue weighted by Crippen LogP contribution is 2.45. The van der Waals surface area contributed by atoms with Crippen LogP contribution in [-0.2, 0) is 13.5 Å². The van der Waals surface area contributed by atoms with E-state index in [9.17, 15) is 0 Å². The number of rotatable bonds is 6. The van der Waals surface area contributed by atoms with E-state index >= 15 is 0 Å². The van der Waals surface area contributed by atoms with Crippen LogP contribution in [0.3, 0.4) is 0 Å². The molecule has 0 spiro atoms. The highest BCUT2D eigenvalue weighted by atomic mass is 79.9. The Balaban J connectivity index is 2.25. The van der Waals surface area contributed by atoms with Crippen LogP contribution in [0.4, 0.5) is 0 Å². The van der Waals surface area contributed by atoms with Crippen molar-refractivity contribution in [3.05, 3.63) is 15.9 Å². The molecule has 1 aromatic heterocycles. The van der Waals surface area contributed by atoms with Crippen molar-refractivity contribution in [3.63, 3.8) is 0 Å². The van der Waals surface area contributed by atoms with Gasteiger partial charge in [-0.3, -0.25) is 4.68 Å². The summed E-state index contributed by atoms with van der Waals surface area (Å²) in [6, 6.07) is 0.561. The van der Waals surface area contributed by atoms with Gasteiger partial charge in [-0.2, -0.15) is 5.10 Å². The van der Waals surface area contributed by atoms with Gasteiger partial charge in [0.25, 0.3) is 0 Å². The second-order valence-corrected chi connectivity index (χ2v) is 7.00. The van der Waals surface area contributed by atoms with Gasteiger partial charge in [-0.25, -0.2) is 0 Å². The zero-order chi connectivity index (χ0) is 14.8. The maximum absolute atomic E-state index is 4.54. The van der Waals surface area contributed by atoms with Gasteiger partial charge in [-0.15, -0.1) is 0 Å². The van der Waals surface area contributed by atoms with Crippen molar-refractivity contribution in [2.24, 2.45) is 12.5 Å². The molecule has 1 atom stereocenters. The molecule has 114 valence electrons. The van der Waals surface area contributed by atoms with Crippen LogP contribution in [0.25, 0.3) is 0 Å². The third-order valence-corrected chi connectivity index (χ3v) is 6.18. The van der Waals surface area contributed by atoms with E-state index in [4.69, 9.17) is 0 Å². The van der Waals surface area contributed by atoms with Crippen LogP contribution in [0.15, 0.2) is 4.47 Å². The predicted molar refractivity (Wildman–Crippen MR) is 88.0 cm³/mol. The van der Waals surface area contributed by atoms with Gasteiger partial charge in [0.2, 0.25) is 0 Å². The third kappa shape index (κ3) is 2.96. The van der Waals surface area contributed by atoms with Crippen molar-refractivity contribution < 1.29 is 0 Å². The first kappa shape index (κ1) is 16.0. The molecule has 1 aromatic rings. The summed E-state index contributed by atoms with van der Waals surface area (Å²) in [5.41, 5.74) is 2.90. The van der Waals surface area contributed by atoms with Crippen LogP contribution in [-0.4, -0.2) is 22.4 Å². The lowest BCUT2D eigenvalue weighted by molar-refractivity contribution is 0.184. The van der Waals surface area contributed by atoms with Gasteiger partial charge < -0.3 is 5.32 Å². The summed E-state index contributed by atoms with van der Waals surface area (Å²) in [4.78, 5) is 0. The first-order valence-electron chi connectivity index (χ1n) is 7.95. The number of likely N-dealkylation sites (N-methyl/N-ethyl adjacent to an activating group) is 1. The topological polar surface area (TPSA) is 29.9 Å². The van der Waals surface area contributed by atoms with E-state index in [2.05, 4.69) is 54.2 Å². The number of aryl methyl sites for hydroxylation is 2. The molecule has 0 bridgehead atoms. The van der Waals surface area contributed by atoms with Gasteiger partial charge >= 0.3 is 0 Å². The van der Waals surface area contributed by atoms with Crippen LogP contribution < -0.4 is 5.32 Å². The van der Waals surface area contributed by atoms with E-state index in [0.29, 0.717) is 11.5 Å². The largest absolute Gasteiger partial charge is 0.313 e. The molecule has 1 heterocycles. The minimum Gasteiger partial charge on any atom is -0.313 e. The fourth-order valence-electron chi connectivity index (χ4n) is 3.87. The number of nitrogens with zero attached hydrogens (tertiary/aromatic N) is 2. The summed E-state index contributed by atoms with van der Waals surface area (Å²) < 4.78 is 3.23. The average molecular weight is 342 g/mol. The molecule has 3 nitrogen and oxygen atoms in total. The van der Waals surface area contributed by atoms with Crippen molar-refractivity contribution in [2.75, 3.05) is 6.54 Å². The van der Waals surface area contributed by atoms with Crippen LogP contribution >= 0.6 is 15.9 Å². The lowest BCUT2D eigenvalue weighted by Gasteiger charge is -2.37. The molecule has 1 aliphatic carbocycles. The molecule has 1 unspecified atom stereocenters. The number of hydrogen-bond donors (Lipinski definition) is 1. The SMILES string of the molecule is CCNC(Cc1c(Br)c(C)nn1C)C1(CC)CCCC1. The Bertz CT molecular complexity index is 447. The molecule has 2 rings (SSSR count). The minimum atomic E-state index is 0.480. The number of nitrogens with one attached hydrogen (secondary N) is 1. The first-order valence-corrected chi connectivity index (χ1v) is 8.74.